The highest BCUT2D eigenvalue weighted by molar-refractivity contribution is 7.10. The smallest absolute Gasteiger partial charge is 0.325 e. The van der Waals surface area contributed by atoms with Crippen LogP contribution in [0.2, 0.25) is 0 Å². The summed E-state index contributed by atoms with van der Waals surface area (Å²) in [6.45, 7) is 1.47. The van der Waals surface area contributed by atoms with Gasteiger partial charge in [0.25, 0.3) is 5.91 Å². The van der Waals surface area contributed by atoms with Crippen LogP contribution in [0, 0.1) is 0 Å². The van der Waals surface area contributed by atoms with Crippen molar-refractivity contribution in [1.82, 2.24) is 5.32 Å². The summed E-state index contributed by atoms with van der Waals surface area (Å²) in [5, 5.41) is 13.1. The molecule has 1 aromatic heterocycles. The van der Waals surface area contributed by atoms with Crippen LogP contribution in [0.5, 0.6) is 0 Å². The topological polar surface area (TPSA) is 66.4 Å². The molecule has 5 heteroatoms. The SMILES string of the molecule is C[C@H](NC(=O)c1csc2c1CCCC2)C(=O)O. The lowest BCUT2D eigenvalue weighted by molar-refractivity contribution is -0.138. The van der Waals surface area contributed by atoms with Gasteiger partial charge in [-0.3, -0.25) is 9.59 Å². The van der Waals surface area contributed by atoms with E-state index in [9.17, 15) is 9.59 Å². The first-order valence-electron chi connectivity index (χ1n) is 5.72. The molecular formula is C12H15NO3S. The highest BCUT2D eigenvalue weighted by Gasteiger charge is 2.22. The third-order valence-corrected chi connectivity index (χ3v) is 4.11. The van der Waals surface area contributed by atoms with Gasteiger partial charge in [0.1, 0.15) is 6.04 Å². The van der Waals surface area contributed by atoms with Crippen molar-refractivity contribution < 1.29 is 14.7 Å². The van der Waals surface area contributed by atoms with Crippen molar-refractivity contribution in [2.75, 3.05) is 0 Å². The molecule has 2 N–H and O–H groups in total. The van der Waals surface area contributed by atoms with E-state index in [1.54, 1.807) is 11.3 Å². The number of carboxylic acid groups (broad SMARTS) is 1. The lowest BCUT2D eigenvalue weighted by Gasteiger charge is -2.13. The zero-order chi connectivity index (χ0) is 12.4. The molecule has 1 aromatic rings. The monoisotopic (exact) mass is 253 g/mol. The number of carbonyl (C=O) groups is 2. The van der Waals surface area contributed by atoms with Crippen LogP contribution in [0.4, 0.5) is 0 Å². The summed E-state index contributed by atoms with van der Waals surface area (Å²) in [5.41, 5.74) is 1.79. The largest absolute Gasteiger partial charge is 0.480 e. The number of amides is 1. The summed E-state index contributed by atoms with van der Waals surface area (Å²) in [6, 6.07) is -0.846. The molecule has 1 heterocycles. The Kier molecular flexibility index (Phi) is 3.47. The Labute approximate surface area is 104 Å². The molecule has 1 aliphatic carbocycles. The molecule has 1 atom stereocenters. The molecule has 0 saturated heterocycles. The van der Waals surface area contributed by atoms with Gasteiger partial charge in [0.2, 0.25) is 0 Å². The number of hydrogen-bond acceptors (Lipinski definition) is 3. The highest BCUT2D eigenvalue weighted by atomic mass is 32.1. The Morgan fingerprint density at radius 2 is 2.12 bits per heavy atom. The van der Waals surface area contributed by atoms with Crippen molar-refractivity contribution in [3.8, 4) is 0 Å². The fraction of sp³-hybridized carbons (Fsp3) is 0.500. The first kappa shape index (κ1) is 12.1. The van der Waals surface area contributed by atoms with Crippen molar-refractivity contribution in [3.05, 3.63) is 21.4 Å². The first-order valence-corrected chi connectivity index (χ1v) is 6.60. The number of thiophene rings is 1. The molecule has 1 amide bonds. The van der Waals surface area contributed by atoms with Gasteiger partial charge in [0.15, 0.2) is 0 Å². The minimum absolute atomic E-state index is 0.265. The Hall–Kier alpha value is -1.36. The lowest BCUT2D eigenvalue weighted by atomic mass is 9.95. The van der Waals surface area contributed by atoms with E-state index in [2.05, 4.69) is 5.32 Å². The number of aliphatic carboxylic acids is 1. The molecule has 0 spiro atoms. The van der Waals surface area contributed by atoms with E-state index in [1.165, 1.54) is 18.2 Å². The van der Waals surface area contributed by atoms with Crippen LogP contribution in [-0.2, 0) is 17.6 Å². The average molecular weight is 253 g/mol. The van der Waals surface area contributed by atoms with Gasteiger partial charge in [-0.25, -0.2) is 0 Å². The van der Waals surface area contributed by atoms with E-state index < -0.39 is 12.0 Å². The number of rotatable bonds is 3. The molecule has 17 heavy (non-hydrogen) atoms. The molecule has 0 fully saturated rings. The number of fused-ring (bicyclic) bond motifs is 1. The first-order chi connectivity index (χ1) is 8.09. The zero-order valence-corrected chi connectivity index (χ0v) is 10.5. The maximum atomic E-state index is 11.9. The third kappa shape index (κ3) is 2.49. The Bertz CT molecular complexity index is 453. The maximum Gasteiger partial charge on any atom is 0.325 e. The Morgan fingerprint density at radius 1 is 1.41 bits per heavy atom. The minimum atomic E-state index is -1.01. The average Bonchev–Trinajstić information content (AvgIpc) is 2.72. The van der Waals surface area contributed by atoms with Gasteiger partial charge in [-0.2, -0.15) is 0 Å². The minimum Gasteiger partial charge on any atom is -0.480 e. The molecule has 0 aliphatic heterocycles. The van der Waals surface area contributed by atoms with Crippen LogP contribution in [0.1, 0.15) is 40.6 Å². The van der Waals surface area contributed by atoms with Gasteiger partial charge in [0, 0.05) is 10.3 Å². The molecule has 0 bridgehead atoms. The van der Waals surface area contributed by atoms with Gasteiger partial charge >= 0.3 is 5.97 Å². The maximum absolute atomic E-state index is 11.9. The number of aryl methyl sites for hydroxylation is 1. The number of carboxylic acids is 1. The van der Waals surface area contributed by atoms with E-state index in [0.717, 1.165) is 24.8 Å². The van der Waals surface area contributed by atoms with Crippen molar-refractivity contribution >= 4 is 23.2 Å². The predicted octanol–water partition coefficient (Wildman–Crippen LogP) is 1.83. The Balaban J connectivity index is 2.14. The normalized spacial score (nSPS) is 16.1. The summed E-state index contributed by atoms with van der Waals surface area (Å²) in [4.78, 5) is 23.9. The molecule has 0 unspecified atom stereocenters. The summed E-state index contributed by atoms with van der Waals surface area (Å²) in [6.07, 6.45) is 4.27. The van der Waals surface area contributed by atoms with Crippen LogP contribution in [0.25, 0.3) is 0 Å². The van der Waals surface area contributed by atoms with Gasteiger partial charge in [-0.1, -0.05) is 0 Å². The summed E-state index contributed by atoms with van der Waals surface area (Å²) < 4.78 is 0. The van der Waals surface area contributed by atoms with Crippen molar-refractivity contribution in [1.29, 1.82) is 0 Å². The second-order valence-corrected chi connectivity index (χ2v) is 5.26. The third-order valence-electron chi connectivity index (χ3n) is 3.02. The van der Waals surface area contributed by atoms with Crippen molar-refractivity contribution in [2.24, 2.45) is 0 Å². The van der Waals surface area contributed by atoms with E-state index in [4.69, 9.17) is 5.11 Å². The number of hydrogen-bond donors (Lipinski definition) is 2. The molecule has 92 valence electrons. The lowest BCUT2D eigenvalue weighted by Crippen LogP contribution is -2.38. The van der Waals surface area contributed by atoms with Gasteiger partial charge in [0.05, 0.1) is 5.56 Å². The van der Waals surface area contributed by atoms with E-state index in [-0.39, 0.29) is 5.91 Å². The Morgan fingerprint density at radius 3 is 2.82 bits per heavy atom. The summed E-state index contributed by atoms with van der Waals surface area (Å²) in [5.74, 6) is -1.28. The van der Waals surface area contributed by atoms with Crippen LogP contribution in [0.3, 0.4) is 0 Å². The van der Waals surface area contributed by atoms with Gasteiger partial charge in [-0.15, -0.1) is 11.3 Å². The summed E-state index contributed by atoms with van der Waals surface area (Å²) >= 11 is 1.61. The fourth-order valence-corrected chi connectivity index (χ4v) is 3.15. The van der Waals surface area contributed by atoms with Crippen molar-refractivity contribution in [2.45, 2.75) is 38.6 Å². The quantitative estimate of drug-likeness (QED) is 0.863. The van der Waals surface area contributed by atoms with E-state index in [1.807, 2.05) is 5.38 Å². The van der Waals surface area contributed by atoms with Gasteiger partial charge in [-0.05, 0) is 38.2 Å². The molecule has 1 aliphatic rings. The second kappa shape index (κ2) is 4.87. The van der Waals surface area contributed by atoms with Crippen LogP contribution in [0.15, 0.2) is 5.38 Å². The molecule has 0 aromatic carbocycles. The molecule has 2 rings (SSSR count). The zero-order valence-electron chi connectivity index (χ0n) is 9.66. The highest BCUT2D eigenvalue weighted by Crippen LogP contribution is 2.30. The van der Waals surface area contributed by atoms with Crippen LogP contribution in [-0.4, -0.2) is 23.0 Å². The number of carbonyl (C=O) groups excluding carboxylic acids is 1. The van der Waals surface area contributed by atoms with E-state index >= 15 is 0 Å². The van der Waals surface area contributed by atoms with Crippen LogP contribution < -0.4 is 5.32 Å². The van der Waals surface area contributed by atoms with Crippen LogP contribution >= 0.6 is 11.3 Å². The molecule has 0 saturated carbocycles. The van der Waals surface area contributed by atoms with Gasteiger partial charge < -0.3 is 10.4 Å². The molecule has 4 nitrogen and oxygen atoms in total. The second-order valence-electron chi connectivity index (χ2n) is 4.29. The molecule has 0 radical (unpaired) electrons. The molecular weight excluding hydrogens is 238 g/mol. The predicted molar refractivity (Wildman–Crippen MR) is 65.5 cm³/mol. The van der Waals surface area contributed by atoms with Crippen molar-refractivity contribution in [3.63, 3.8) is 0 Å². The summed E-state index contributed by atoms with van der Waals surface area (Å²) in [7, 11) is 0. The standard InChI is InChI=1S/C12H15NO3S/c1-7(12(15)16)13-11(14)9-6-17-10-5-3-2-4-8(9)10/h6-7H,2-5H2,1H3,(H,13,14)(H,15,16)/t7-/m0/s1. The number of nitrogens with one attached hydrogen (secondary N) is 1. The fourth-order valence-electron chi connectivity index (χ4n) is 2.02. The van der Waals surface area contributed by atoms with E-state index in [0.29, 0.717) is 5.56 Å².